The minimum absolute atomic E-state index is 0.132. The number of hydrogen-bond acceptors (Lipinski definition) is 3. The first kappa shape index (κ1) is 12.8. The van der Waals surface area contributed by atoms with E-state index in [9.17, 15) is 9.59 Å². The second-order valence-electron chi connectivity index (χ2n) is 4.12. The minimum atomic E-state index is -0.620. The molecule has 1 heterocycles. The molecule has 0 fully saturated rings. The van der Waals surface area contributed by atoms with Crippen LogP contribution in [0.4, 0.5) is 5.69 Å². The minimum Gasteiger partial charge on any atom is -0.364 e. The molecular formula is C14H13N3O2. The Balaban J connectivity index is 2.14. The van der Waals surface area contributed by atoms with Crippen LogP contribution in [0, 0.1) is 6.92 Å². The Kier molecular flexibility index (Phi) is 3.56. The first-order valence-corrected chi connectivity index (χ1v) is 5.70. The Morgan fingerprint density at radius 3 is 2.58 bits per heavy atom. The second kappa shape index (κ2) is 5.30. The molecule has 0 saturated carbocycles. The molecule has 2 amide bonds. The van der Waals surface area contributed by atoms with Gasteiger partial charge in [0.25, 0.3) is 11.8 Å². The summed E-state index contributed by atoms with van der Waals surface area (Å²) < 4.78 is 0. The maximum Gasteiger partial charge on any atom is 0.267 e. The van der Waals surface area contributed by atoms with Gasteiger partial charge in [-0.25, -0.2) is 0 Å². The van der Waals surface area contributed by atoms with Crippen molar-refractivity contribution >= 4 is 17.5 Å². The normalized spacial score (nSPS) is 9.95. The third-order valence-electron chi connectivity index (χ3n) is 2.55. The van der Waals surface area contributed by atoms with Gasteiger partial charge >= 0.3 is 0 Å². The highest BCUT2D eigenvalue weighted by molar-refractivity contribution is 6.04. The number of nitrogens with one attached hydrogen (secondary N) is 1. The first-order valence-electron chi connectivity index (χ1n) is 5.70. The van der Waals surface area contributed by atoms with Crippen molar-refractivity contribution in [2.24, 2.45) is 5.73 Å². The number of aromatic nitrogens is 1. The average Bonchev–Trinajstić information content (AvgIpc) is 2.39. The second-order valence-corrected chi connectivity index (χ2v) is 4.12. The molecule has 0 aliphatic carbocycles. The maximum absolute atomic E-state index is 11.9. The molecule has 0 aliphatic heterocycles. The van der Waals surface area contributed by atoms with E-state index in [4.69, 9.17) is 5.73 Å². The highest BCUT2D eigenvalue weighted by atomic mass is 16.2. The number of carbonyl (C=O) groups excluding carboxylic acids is 2. The van der Waals surface area contributed by atoms with Crippen LogP contribution in [0.15, 0.2) is 42.6 Å². The number of anilines is 1. The van der Waals surface area contributed by atoms with Crippen molar-refractivity contribution in [2.75, 3.05) is 5.32 Å². The average molecular weight is 255 g/mol. The summed E-state index contributed by atoms with van der Waals surface area (Å²) in [6.45, 7) is 1.94. The van der Waals surface area contributed by atoms with Gasteiger partial charge in [0.2, 0.25) is 0 Å². The van der Waals surface area contributed by atoms with Crippen molar-refractivity contribution in [3.05, 3.63) is 59.4 Å². The van der Waals surface area contributed by atoms with Crippen LogP contribution >= 0.6 is 0 Å². The number of amides is 2. The number of hydrogen-bond donors (Lipinski definition) is 2. The van der Waals surface area contributed by atoms with Crippen molar-refractivity contribution in [3.8, 4) is 0 Å². The van der Waals surface area contributed by atoms with Crippen molar-refractivity contribution in [3.63, 3.8) is 0 Å². The summed E-state index contributed by atoms with van der Waals surface area (Å²) in [6, 6.07) is 10.4. The van der Waals surface area contributed by atoms with Crippen LogP contribution in [-0.2, 0) is 0 Å². The van der Waals surface area contributed by atoms with Gasteiger partial charge in [-0.3, -0.25) is 14.6 Å². The third-order valence-corrected chi connectivity index (χ3v) is 2.55. The van der Waals surface area contributed by atoms with Gasteiger partial charge in [-0.15, -0.1) is 0 Å². The fraction of sp³-hybridized carbons (Fsp3) is 0.0714. The molecule has 19 heavy (non-hydrogen) atoms. The quantitative estimate of drug-likeness (QED) is 0.876. The zero-order valence-electron chi connectivity index (χ0n) is 10.4. The molecule has 5 heteroatoms. The highest BCUT2D eigenvalue weighted by Crippen LogP contribution is 2.11. The first-order chi connectivity index (χ1) is 9.06. The van der Waals surface area contributed by atoms with Crippen LogP contribution < -0.4 is 11.1 Å². The molecule has 2 rings (SSSR count). The predicted octanol–water partition coefficient (Wildman–Crippen LogP) is 1.74. The monoisotopic (exact) mass is 255 g/mol. The number of primary amides is 1. The Labute approximate surface area is 110 Å². The number of benzene rings is 1. The molecule has 3 N–H and O–H groups in total. The van der Waals surface area contributed by atoms with Crippen molar-refractivity contribution in [1.29, 1.82) is 0 Å². The zero-order valence-corrected chi connectivity index (χ0v) is 10.4. The number of pyridine rings is 1. The fourth-order valence-corrected chi connectivity index (χ4v) is 1.60. The van der Waals surface area contributed by atoms with E-state index in [-0.39, 0.29) is 11.6 Å². The molecule has 0 spiro atoms. The fourth-order valence-electron chi connectivity index (χ4n) is 1.60. The van der Waals surface area contributed by atoms with E-state index < -0.39 is 5.91 Å². The maximum atomic E-state index is 11.9. The van der Waals surface area contributed by atoms with Gasteiger partial charge in [-0.2, -0.15) is 0 Å². The summed E-state index contributed by atoms with van der Waals surface area (Å²) >= 11 is 0. The van der Waals surface area contributed by atoms with E-state index in [1.165, 1.54) is 18.3 Å². The van der Waals surface area contributed by atoms with E-state index in [0.717, 1.165) is 5.56 Å². The molecule has 5 nitrogen and oxygen atoms in total. The van der Waals surface area contributed by atoms with Gasteiger partial charge in [-0.05, 0) is 36.8 Å². The predicted molar refractivity (Wildman–Crippen MR) is 71.9 cm³/mol. The van der Waals surface area contributed by atoms with Gasteiger partial charge < -0.3 is 11.1 Å². The molecule has 0 saturated heterocycles. The molecule has 1 aromatic carbocycles. The van der Waals surface area contributed by atoms with Crippen molar-refractivity contribution in [1.82, 2.24) is 4.98 Å². The smallest absolute Gasteiger partial charge is 0.267 e. The van der Waals surface area contributed by atoms with Crippen molar-refractivity contribution < 1.29 is 9.59 Å². The van der Waals surface area contributed by atoms with Crippen LogP contribution in [0.2, 0.25) is 0 Å². The number of nitrogens with zero attached hydrogens (tertiary/aromatic N) is 1. The van der Waals surface area contributed by atoms with E-state index in [0.29, 0.717) is 11.3 Å². The largest absolute Gasteiger partial charge is 0.364 e. The van der Waals surface area contributed by atoms with Gasteiger partial charge in [0.1, 0.15) is 5.69 Å². The number of rotatable bonds is 3. The van der Waals surface area contributed by atoms with Gasteiger partial charge in [0.05, 0.1) is 5.56 Å². The summed E-state index contributed by atoms with van der Waals surface area (Å²) in [7, 11) is 0. The molecule has 0 unspecified atom stereocenters. The molecular weight excluding hydrogens is 242 g/mol. The summed E-state index contributed by atoms with van der Waals surface area (Å²) in [5.74, 6) is -0.903. The Morgan fingerprint density at radius 1 is 1.21 bits per heavy atom. The van der Waals surface area contributed by atoms with E-state index >= 15 is 0 Å². The number of aryl methyl sites for hydroxylation is 1. The molecule has 0 bridgehead atoms. The van der Waals surface area contributed by atoms with Gasteiger partial charge in [0.15, 0.2) is 0 Å². The zero-order chi connectivity index (χ0) is 13.8. The summed E-state index contributed by atoms with van der Waals surface area (Å²) in [5.41, 5.74) is 7.34. The molecule has 0 radical (unpaired) electrons. The van der Waals surface area contributed by atoms with Crippen LogP contribution in [0.25, 0.3) is 0 Å². The summed E-state index contributed by atoms with van der Waals surface area (Å²) in [6.07, 6.45) is 1.32. The lowest BCUT2D eigenvalue weighted by Crippen LogP contribution is -2.15. The lowest BCUT2D eigenvalue weighted by Gasteiger charge is -2.06. The number of carbonyl (C=O) groups is 2. The van der Waals surface area contributed by atoms with E-state index in [1.807, 2.05) is 25.1 Å². The lowest BCUT2D eigenvalue weighted by atomic mass is 10.2. The SMILES string of the molecule is Cc1cccc(NC(=O)c2ccc(C(N)=O)nc2)c1. The Morgan fingerprint density at radius 2 is 2.00 bits per heavy atom. The van der Waals surface area contributed by atoms with Crippen LogP contribution in [0.5, 0.6) is 0 Å². The van der Waals surface area contributed by atoms with Crippen LogP contribution in [0.1, 0.15) is 26.4 Å². The van der Waals surface area contributed by atoms with Gasteiger partial charge in [-0.1, -0.05) is 12.1 Å². The third kappa shape index (κ3) is 3.16. The number of nitrogens with two attached hydrogens (primary N) is 1. The molecule has 0 aliphatic rings. The van der Waals surface area contributed by atoms with E-state index in [2.05, 4.69) is 10.3 Å². The van der Waals surface area contributed by atoms with Gasteiger partial charge in [0, 0.05) is 11.9 Å². The summed E-state index contributed by atoms with van der Waals surface area (Å²) in [4.78, 5) is 26.6. The van der Waals surface area contributed by atoms with Crippen molar-refractivity contribution in [2.45, 2.75) is 6.92 Å². The van der Waals surface area contributed by atoms with Crippen LogP contribution in [0.3, 0.4) is 0 Å². The highest BCUT2D eigenvalue weighted by Gasteiger charge is 2.08. The Hall–Kier alpha value is -2.69. The van der Waals surface area contributed by atoms with Crippen LogP contribution in [-0.4, -0.2) is 16.8 Å². The topological polar surface area (TPSA) is 85.1 Å². The lowest BCUT2D eigenvalue weighted by molar-refractivity contribution is 0.0990. The molecule has 2 aromatic rings. The summed E-state index contributed by atoms with van der Waals surface area (Å²) in [5, 5.41) is 2.75. The van der Waals surface area contributed by atoms with E-state index in [1.54, 1.807) is 6.07 Å². The molecule has 0 atom stereocenters. The molecule has 96 valence electrons. The Bertz CT molecular complexity index is 621. The molecule has 1 aromatic heterocycles. The standard InChI is InChI=1S/C14H13N3O2/c1-9-3-2-4-11(7-9)17-14(19)10-5-6-12(13(15)18)16-8-10/h2-8H,1H3,(H2,15,18)(H,17,19).